The number of nitrogens with one attached hydrogen (secondary N) is 3. The normalized spacial score (nSPS) is 15.0. The van der Waals surface area contributed by atoms with Crippen molar-refractivity contribution in [1.29, 1.82) is 0 Å². The van der Waals surface area contributed by atoms with Gasteiger partial charge in [-0.05, 0) is 19.8 Å². The van der Waals surface area contributed by atoms with Crippen molar-refractivity contribution >= 4 is 41.6 Å². The maximum Gasteiger partial charge on any atom is 0.328 e. The predicted octanol–water partition coefficient (Wildman–Crippen LogP) is -3.56. The first-order chi connectivity index (χ1) is 15.6. The molecule has 0 heterocycles. The van der Waals surface area contributed by atoms with Gasteiger partial charge in [-0.3, -0.25) is 28.8 Å². The molecular weight excluding hydrogens is 464 g/mol. The van der Waals surface area contributed by atoms with Gasteiger partial charge in [-0.15, -0.1) is 0 Å². The van der Waals surface area contributed by atoms with Crippen LogP contribution in [-0.2, 0) is 33.6 Å². The molecule has 16 heteroatoms. The van der Waals surface area contributed by atoms with Gasteiger partial charge < -0.3 is 47.2 Å². The Kier molecular flexibility index (Phi) is 12.8. The monoisotopic (exact) mass is 492 g/mol. The molecule has 0 radical (unpaired) electrons. The van der Waals surface area contributed by atoms with E-state index in [4.69, 9.17) is 26.2 Å². The summed E-state index contributed by atoms with van der Waals surface area (Å²) in [6, 6.07) is -6.60. The van der Waals surface area contributed by atoms with E-state index < -0.39 is 104 Å². The number of aliphatic carboxylic acids is 4. The number of rotatable bonds is 16. The van der Waals surface area contributed by atoms with Crippen molar-refractivity contribution in [2.75, 3.05) is 0 Å². The molecular formula is C18H28N4O12. The molecule has 0 rings (SSSR count). The average molecular weight is 492 g/mol. The molecule has 0 bridgehead atoms. The zero-order chi connectivity index (χ0) is 26.6. The lowest BCUT2D eigenvalue weighted by Gasteiger charge is -2.25. The van der Waals surface area contributed by atoms with Gasteiger partial charge in [-0.25, -0.2) is 4.79 Å². The molecule has 34 heavy (non-hydrogen) atoms. The number of carbonyl (C=O) groups excluding carboxylic acids is 3. The van der Waals surface area contributed by atoms with Crippen LogP contribution >= 0.6 is 0 Å². The second kappa shape index (κ2) is 14.4. The molecule has 0 fully saturated rings. The van der Waals surface area contributed by atoms with Crippen LogP contribution in [0.2, 0.25) is 0 Å². The van der Waals surface area contributed by atoms with Gasteiger partial charge in [0.1, 0.15) is 12.1 Å². The smallest absolute Gasteiger partial charge is 0.328 e. The van der Waals surface area contributed by atoms with Crippen LogP contribution in [0.1, 0.15) is 39.0 Å². The van der Waals surface area contributed by atoms with Crippen LogP contribution in [0.4, 0.5) is 0 Å². The first-order valence-electron chi connectivity index (χ1n) is 9.88. The molecule has 0 saturated carbocycles. The summed E-state index contributed by atoms with van der Waals surface area (Å²) in [6.07, 6.45) is -4.61. The van der Waals surface area contributed by atoms with Crippen molar-refractivity contribution in [2.45, 2.75) is 69.3 Å². The van der Waals surface area contributed by atoms with Gasteiger partial charge in [-0.2, -0.15) is 0 Å². The van der Waals surface area contributed by atoms with Gasteiger partial charge >= 0.3 is 23.9 Å². The Morgan fingerprint density at radius 1 is 0.706 bits per heavy atom. The number of carbonyl (C=O) groups is 7. The van der Waals surface area contributed by atoms with Crippen molar-refractivity contribution in [1.82, 2.24) is 16.0 Å². The van der Waals surface area contributed by atoms with E-state index in [2.05, 4.69) is 10.6 Å². The zero-order valence-electron chi connectivity index (χ0n) is 18.1. The lowest BCUT2D eigenvalue weighted by atomic mass is 10.1. The first kappa shape index (κ1) is 30.2. The number of carboxylic acid groups (broad SMARTS) is 4. The third-order valence-electron chi connectivity index (χ3n) is 4.34. The second-order valence-corrected chi connectivity index (χ2v) is 7.26. The fourth-order valence-corrected chi connectivity index (χ4v) is 2.55. The summed E-state index contributed by atoms with van der Waals surface area (Å²) in [5.74, 6) is -9.10. The fourth-order valence-electron chi connectivity index (χ4n) is 2.55. The number of nitrogens with two attached hydrogens (primary N) is 1. The van der Waals surface area contributed by atoms with Crippen molar-refractivity contribution in [2.24, 2.45) is 5.73 Å². The van der Waals surface area contributed by atoms with Crippen molar-refractivity contribution in [3.63, 3.8) is 0 Å². The summed E-state index contributed by atoms with van der Waals surface area (Å²) in [5, 5.41) is 51.2. The van der Waals surface area contributed by atoms with Crippen molar-refractivity contribution < 1.29 is 59.1 Å². The van der Waals surface area contributed by atoms with Crippen molar-refractivity contribution in [3.8, 4) is 0 Å². The quantitative estimate of drug-likeness (QED) is 0.101. The Balaban J connectivity index is 5.64. The Bertz CT molecular complexity index is 800. The highest BCUT2D eigenvalue weighted by Gasteiger charge is 2.32. The highest BCUT2D eigenvalue weighted by Crippen LogP contribution is 2.05. The SMILES string of the molecule is CC(O)C(NC(=O)C(CCC(=O)O)NC(=O)C(CCC(=O)O)NC(=O)C(N)CC(=O)O)C(=O)O. The fraction of sp³-hybridized carbons (Fsp3) is 0.611. The average Bonchev–Trinajstić information content (AvgIpc) is 2.70. The molecule has 0 aliphatic heterocycles. The molecule has 0 aromatic rings. The van der Waals surface area contributed by atoms with E-state index in [9.17, 15) is 38.7 Å². The lowest BCUT2D eigenvalue weighted by Crippen LogP contribution is -2.58. The highest BCUT2D eigenvalue weighted by atomic mass is 16.4. The lowest BCUT2D eigenvalue weighted by molar-refractivity contribution is -0.145. The Morgan fingerprint density at radius 3 is 1.47 bits per heavy atom. The minimum Gasteiger partial charge on any atom is -0.481 e. The molecule has 10 N–H and O–H groups in total. The van der Waals surface area contributed by atoms with Crippen molar-refractivity contribution in [3.05, 3.63) is 0 Å². The number of aliphatic hydroxyl groups excluding tert-OH is 1. The number of carboxylic acids is 4. The summed E-state index contributed by atoms with van der Waals surface area (Å²) < 4.78 is 0. The molecule has 5 atom stereocenters. The maximum absolute atomic E-state index is 12.7. The van der Waals surface area contributed by atoms with E-state index in [0.717, 1.165) is 6.92 Å². The molecule has 192 valence electrons. The molecule has 0 saturated heterocycles. The molecule has 0 aliphatic rings. The molecule has 16 nitrogen and oxygen atoms in total. The van der Waals surface area contributed by atoms with E-state index in [-0.39, 0.29) is 0 Å². The Morgan fingerprint density at radius 2 is 1.12 bits per heavy atom. The van der Waals surface area contributed by atoms with E-state index in [1.54, 1.807) is 0 Å². The van der Waals surface area contributed by atoms with E-state index in [1.165, 1.54) is 0 Å². The summed E-state index contributed by atoms with van der Waals surface area (Å²) in [7, 11) is 0. The summed E-state index contributed by atoms with van der Waals surface area (Å²) in [4.78, 5) is 81.0. The van der Waals surface area contributed by atoms with Gasteiger partial charge in [0.05, 0.1) is 18.6 Å². The number of hydrogen-bond acceptors (Lipinski definition) is 9. The molecule has 0 aromatic heterocycles. The Labute approximate surface area is 192 Å². The number of amides is 3. The van der Waals surface area contributed by atoms with Gasteiger partial charge in [0.2, 0.25) is 17.7 Å². The van der Waals surface area contributed by atoms with Gasteiger partial charge in [-0.1, -0.05) is 0 Å². The minimum atomic E-state index is -1.78. The third kappa shape index (κ3) is 11.7. The molecule has 0 spiro atoms. The molecule has 0 aromatic carbocycles. The molecule has 0 aliphatic carbocycles. The van der Waals surface area contributed by atoms with Crippen LogP contribution in [-0.4, -0.2) is 97.4 Å². The molecule has 5 unspecified atom stereocenters. The summed E-state index contributed by atoms with van der Waals surface area (Å²) >= 11 is 0. The third-order valence-corrected chi connectivity index (χ3v) is 4.34. The van der Waals surface area contributed by atoms with Crippen LogP contribution in [0.25, 0.3) is 0 Å². The first-order valence-corrected chi connectivity index (χ1v) is 9.88. The van der Waals surface area contributed by atoms with E-state index in [0.29, 0.717) is 0 Å². The summed E-state index contributed by atoms with van der Waals surface area (Å²) in [5.41, 5.74) is 5.41. The van der Waals surface area contributed by atoms with Crippen LogP contribution in [0.15, 0.2) is 0 Å². The van der Waals surface area contributed by atoms with Crippen LogP contribution in [0, 0.1) is 0 Å². The zero-order valence-corrected chi connectivity index (χ0v) is 18.1. The highest BCUT2D eigenvalue weighted by molar-refractivity contribution is 5.95. The van der Waals surface area contributed by atoms with E-state index >= 15 is 0 Å². The summed E-state index contributed by atoms with van der Waals surface area (Å²) in [6.45, 7) is 1.07. The van der Waals surface area contributed by atoms with E-state index in [1.807, 2.05) is 5.32 Å². The topological polar surface area (TPSA) is 283 Å². The van der Waals surface area contributed by atoms with Gasteiger partial charge in [0.15, 0.2) is 6.04 Å². The minimum absolute atomic E-state index is 0.495. The second-order valence-electron chi connectivity index (χ2n) is 7.26. The molecule has 3 amide bonds. The van der Waals surface area contributed by atoms with Gasteiger partial charge in [0, 0.05) is 12.8 Å². The number of aliphatic hydroxyl groups is 1. The largest absolute Gasteiger partial charge is 0.481 e. The maximum atomic E-state index is 12.7. The van der Waals surface area contributed by atoms with Crippen LogP contribution < -0.4 is 21.7 Å². The number of hydrogen-bond donors (Lipinski definition) is 9. The predicted molar refractivity (Wildman–Crippen MR) is 109 cm³/mol. The van der Waals surface area contributed by atoms with Crippen LogP contribution in [0.5, 0.6) is 0 Å². The Hall–Kier alpha value is -3.79. The standard InChI is InChI=1S/C18H28N4O12/c1-7(23)14(18(33)34)22-17(32)10(3-5-12(26)27)21-16(31)9(2-4-11(24)25)20-15(30)8(19)6-13(28)29/h7-10,14,23H,2-6,19H2,1H3,(H,20,30)(H,21,31)(H,22,32)(H,24,25)(H,26,27)(H,28,29)(H,33,34). The van der Waals surface area contributed by atoms with Crippen LogP contribution in [0.3, 0.4) is 0 Å². The van der Waals surface area contributed by atoms with Gasteiger partial charge in [0.25, 0.3) is 0 Å².